The number of hydrogen-bond donors (Lipinski definition) is 0. The fourth-order valence-corrected chi connectivity index (χ4v) is 3.71. The van der Waals surface area contributed by atoms with Crippen LogP contribution in [0.4, 0.5) is 13.2 Å². The standard InChI is InChI=1S/C22H21ClF3N3O3/c1-5-7-29-13(3)8-16(14(29)4)18(30)10-21(12-27,20(31)32-6-2)19-17(23)9-15(11-28-19)22(24,25)26/h5,8-9,11H,1,6-7,10H2,2-4H3/t21-/m0/s1. The molecular weight excluding hydrogens is 447 g/mol. The molecule has 0 N–H and O–H groups in total. The minimum atomic E-state index is -4.73. The number of nitrogens with zero attached hydrogens (tertiary/aromatic N) is 3. The van der Waals surface area contributed by atoms with Gasteiger partial charge in [0.2, 0.25) is 5.41 Å². The average molecular weight is 468 g/mol. The molecule has 32 heavy (non-hydrogen) atoms. The van der Waals surface area contributed by atoms with E-state index in [4.69, 9.17) is 16.3 Å². The lowest BCUT2D eigenvalue weighted by Crippen LogP contribution is -2.40. The third-order valence-corrected chi connectivity index (χ3v) is 5.29. The van der Waals surface area contributed by atoms with Gasteiger partial charge in [-0.2, -0.15) is 18.4 Å². The normalized spacial score (nSPS) is 13.2. The van der Waals surface area contributed by atoms with Gasteiger partial charge in [-0.15, -0.1) is 6.58 Å². The smallest absolute Gasteiger partial charge is 0.417 e. The molecule has 2 aromatic rings. The predicted molar refractivity (Wildman–Crippen MR) is 111 cm³/mol. The molecule has 0 aliphatic heterocycles. The first-order valence-electron chi connectivity index (χ1n) is 9.55. The fraction of sp³-hybridized carbons (Fsp3) is 0.364. The molecular formula is C22H21ClF3N3O3. The summed E-state index contributed by atoms with van der Waals surface area (Å²) < 4.78 is 45.9. The second-order valence-electron chi connectivity index (χ2n) is 7.07. The molecule has 2 heterocycles. The van der Waals surface area contributed by atoms with Crippen LogP contribution in [0.5, 0.6) is 0 Å². The van der Waals surface area contributed by atoms with Crippen LogP contribution in [0.3, 0.4) is 0 Å². The predicted octanol–water partition coefficient (Wildman–Crippen LogP) is 4.96. The van der Waals surface area contributed by atoms with E-state index in [0.29, 0.717) is 24.5 Å². The van der Waals surface area contributed by atoms with E-state index in [1.165, 1.54) is 6.92 Å². The van der Waals surface area contributed by atoms with Gasteiger partial charge >= 0.3 is 12.1 Å². The SMILES string of the molecule is C=CCn1c(C)cc(C(=O)C[C@@](C#N)(C(=O)OCC)c2ncc(C(F)(F)F)cc2Cl)c1C. The van der Waals surface area contributed by atoms with Gasteiger partial charge in [0.05, 0.1) is 29.0 Å². The largest absolute Gasteiger partial charge is 0.464 e. The zero-order valence-corrected chi connectivity index (χ0v) is 18.5. The van der Waals surface area contributed by atoms with Crippen molar-refractivity contribution in [2.75, 3.05) is 6.61 Å². The Labute approximate surface area is 188 Å². The monoisotopic (exact) mass is 467 g/mol. The zero-order chi connectivity index (χ0) is 24.3. The Morgan fingerprint density at radius 3 is 2.50 bits per heavy atom. The Morgan fingerprint density at radius 2 is 2.00 bits per heavy atom. The summed E-state index contributed by atoms with van der Waals surface area (Å²) in [5.41, 5.74) is -2.33. The number of Topliss-reactive ketones (excluding diaryl/α,β-unsaturated/α-hetero) is 1. The van der Waals surface area contributed by atoms with Crippen molar-refractivity contribution in [3.8, 4) is 6.07 Å². The average Bonchev–Trinajstić information content (AvgIpc) is 3.00. The number of aryl methyl sites for hydroxylation is 1. The molecule has 0 saturated carbocycles. The molecule has 0 amide bonds. The molecule has 2 rings (SSSR count). The van der Waals surface area contributed by atoms with Crippen LogP contribution in [0, 0.1) is 25.2 Å². The van der Waals surface area contributed by atoms with Crippen molar-refractivity contribution < 1.29 is 27.5 Å². The van der Waals surface area contributed by atoms with E-state index < -0.39 is 46.0 Å². The molecule has 170 valence electrons. The first kappa shape index (κ1) is 25.1. The van der Waals surface area contributed by atoms with E-state index in [0.717, 1.165) is 5.69 Å². The first-order chi connectivity index (χ1) is 14.9. The molecule has 0 aliphatic rings. The minimum Gasteiger partial charge on any atom is -0.464 e. The molecule has 0 fully saturated rings. The molecule has 0 aliphatic carbocycles. The van der Waals surface area contributed by atoms with Gasteiger partial charge in [-0.25, -0.2) is 4.79 Å². The number of hydrogen-bond acceptors (Lipinski definition) is 5. The van der Waals surface area contributed by atoms with E-state index >= 15 is 0 Å². The number of esters is 1. The highest BCUT2D eigenvalue weighted by Crippen LogP contribution is 2.38. The number of ketones is 1. The topological polar surface area (TPSA) is 85.0 Å². The lowest BCUT2D eigenvalue weighted by molar-refractivity contribution is -0.148. The van der Waals surface area contributed by atoms with Gasteiger partial charge in [0.15, 0.2) is 5.78 Å². The van der Waals surface area contributed by atoms with Crippen molar-refractivity contribution in [2.24, 2.45) is 0 Å². The summed E-state index contributed by atoms with van der Waals surface area (Å²) >= 11 is 6.03. The van der Waals surface area contributed by atoms with Gasteiger partial charge in [-0.1, -0.05) is 17.7 Å². The summed E-state index contributed by atoms with van der Waals surface area (Å²) in [6.07, 6.45) is -3.32. The van der Waals surface area contributed by atoms with Crippen molar-refractivity contribution in [1.29, 1.82) is 5.26 Å². The van der Waals surface area contributed by atoms with Gasteiger partial charge in [0.1, 0.15) is 0 Å². The summed E-state index contributed by atoms with van der Waals surface area (Å²) in [6.45, 7) is 8.96. The second-order valence-corrected chi connectivity index (χ2v) is 7.48. The summed E-state index contributed by atoms with van der Waals surface area (Å²) in [5.74, 6) is -1.70. The van der Waals surface area contributed by atoms with Crippen LogP contribution in [0.1, 0.15) is 46.3 Å². The van der Waals surface area contributed by atoms with Crippen LogP contribution in [0.2, 0.25) is 5.02 Å². The van der Waals surface area contributed by atoms with Crippen LogP contribution in [-0.4, -0.2) is 27.9 Å². The molecule has 1 atom stereocenters. The van der Waals surface area contributed by atoms with E-state index in [1.807, 2.05) is 4.57 Å². The summed E-state index contributed by atoms with van der Waals surface area (Å²) in [7, 11) is 0. The highest BCUT2D eigenvalue weighted by Gasteiger charge is 2.48. The van der Waals surface area contributed by atoms with Crippen molar-refractivity contribution in [3.05, 3.63) is 64.2 Å². The third-order valence-electron chi connectivity index (χ3n) is 5.00. The summed E-state index contributed by atoms with van der Waals surface area (Å²) in [6, 6.07) is 3.91. The van der Waals surface area contributed by atoms with E-state index in [9.17, 15) is 28.0 Å². The maximum Gasteiger partial charge on any atom is 0.417 e. The molecule has 6 nitrogen and oxygen atoms in total. The van der Waals surface area contributed by atoms with Crippen molar-refractivity contribution in [1.82, 2.24) is 9.55 Å². The number of alkyl halides is 3. The Kier molecular flexibility index (Phi) is 7.52. The second kappa shape index (κ2) is 9.57. The van der Waals surface area contributed by atoms with Crippen LogP contribution in [-0.2, 0) is 27.7 Å². The maximum absolute atomic E-state index is 13.2. The minimum absolute atomic E-state index is 0.122. The van der Waals surface area contributed by atoms with E-state index in [1.54, 1.807) is 32.1 Å². The van der Waals surface area contributed by atoms with Crippen molar-refractivity contribution in [2.45, 2.75) is 45.3 Å². The molecule has 0 unspecified atom stereocenters. The maximum atomic E-state index is 13.2. The number of allylic oxidation sites excluding steroid dienone is 1. The number of ether oxygens (including phenoxy) is 1. The van der Waals surface area contributed by atoms with Crippen LogP contribution >= 0.6 is 11.6 Å². The number of nitriles is 1. The van der Waals surface area contributed by atoms with Crippen molar-refractivity contribution >= 4 is 23.4 Å². The van der Waals surface area contributed by atoms with E-state index in [2.05, 4.69) is 11.6 Å². The number of carbonyl (C=O) groups excluding carboxylic acids is 2. The Hall–Kier alpha value is -3.12. The summed E-state index contributed by atoms with van der Waals surface area (Å²) in [4.78, 5) is 29.7. The molecule has 0 spiro atoms. The highest BCUT2D eigenvalue weighted by molar-refractivity contribution is 6.31. The number of halogens is 4. The third kappa shape index (κ3) is 4.70. The Morgan fingerprint density at radius 1 is 1.34 bits per heavy atom. The molecule has 2 aromatic heterocycles. The number of aromatic nitrogens is 2. The summed E-state index contributed by atoms with van der Waals surface area (Å²) in [5, 5.41) is 9.38. The van der Waals surface area contributed by atoms with E-state index in [-0.39, 0.29) is 12.2 Å². The number of carbonyl (C=O) groups is 2. The van der Waals surface area contributed by atoms with Gasteiger partial charge in [-0.3, -0.25) is 9.78 Å². The van der Waals surface area contributed by atoms with Gasteiger partial charge in [0, 0.05) is 36.1 Å². The highest BCUT2D eigenvalue weighted by atomic mass is 35.5. The van der Waals surface area contributed by atoms with Crippen molar-refractivity contribution in [3.63, 3.8) is 0 Å². The fourth-order valence-electron chi connectivity index (χ4n) is 3.38. The van der Waals surface area contributed by atoms with Gasteiger partial charge in [-0.05, 0) is 32.9 Å². The Balaban J connectivity index is 2.62. The molecule has 0 saturated heterocycles. The van der Waals surface area contributed by atoms with Gasteiger partial charge < -0.3 is 9.30 Å². The van der Waals surface area contributed by atoms with Crippen LogP contribution < -0.4 is 0 Å². The molecule has 0 radical (unpaired) electrons. The van der Waals surface area contributed by atoms with Crippen LogP contribution in [0.15, 0.2) is 31.0 Å². The lowest BCUT2D eigenvalue weighted by atomic mass is 9.79. The quantitative estimate of drug-likeness (QED) is 0.311. The number of pyridine rings is 1. The first-order valence-corrected chi connectivity index (χ1v) is 9.93. The molecule has 0 bridgehead atoms. The molecule has 10 heteroatoms. The van der Waals surface area contributed by atoms with Gasteiger partial charge in [0.25, 0.3) is 0 Å². The number of rotatable bonds is 8. The van der Waals surface area contributed by atoms with Crippen LogP contribution in [0.25, 0.3) is 0 Å². The molecule has 0 aromatic carbocycles. The Bertz CT molecular complexity index is 1100. The zero-order valence-electron chi connectivity index (χ0n) is 17.7. The lowest BCUT2D eigenvalue weighted by Gasteiger charge is -2.24.